The molecule has 0 atom stereocenters. The zero-order valence-corrected chi connectivity index (χ0v) is 16.3. The van der Waals surface area contributed by atoms with E-state index in [1.807, 2.05) is 31.2 Å². The second kappa shape index (κ2) is 8.10. The molecule has 1 N–H and O–H groups in total. The molecule has 0 unspecified atom stereocenters. The van der Waals surface area contributed by atoms with Crippen LogP contribution in [0, 0.1) is 0 Å². The summed E-state index contributed by atoms with van der Waals surface area (Å²) in [5.41, 5.74) is 8.55. The lowest BCUT2D eigenvalue weighted by atomic mass is 9.84. The van der Waals surface area contributed by atoms with Gasteiger partial charge in [-0.1, -0.05) is 55.1 Å². The van der Waals surface area contributed by atoms with Crippen LogP contribution in [-0.4, -0.2) is 10.7 Å². The molecule has 0 aliphatic heterocycles. The van der Waals surface area contributed by atoms with Gasteiger partial charge in [0, 0.05) is 16.6 Å². The van der Waals surface area contributed by atoms with Crippen LogP contribution in [0.15, 0.2) is 59.8 Å². The number of hydrogen-bond acceptors (Lipinski definition) is 3. The summed E-state index contributed by atoms with van der Waals surface area (Å²) in [4.78, 5) is 4.37. The number of aromatic nitrogens is 1. The van der Waals surface area contributed by atoms with E-state index in [4.69, 9.17) is 11.6 Å². The summed E-state index contributed by atoms with van der Waals surface area (Å²) in [6, 6.07) is 16.6. The number of nitrogens with one attached hydrogen (secondary N) is 1. The maximum atomic E-state index is 6.06. The van der Waals surface area contributed by atoms with Crippen LogP contribution in [0.2, 0.25) is 5.02 Å². The molecule has 1 aromatic heterocycles. The number of fused-ring (bicyclic) bond motifs is 1. The van der Waals surface area contributed by atoms with Gasteiger partial charge in [-0.2, -0.15) is 5.10 Å². The Balaban J connectivity index is 1.51. The Bertz CT molecular complexity index is 957. The fourth-order valence-electron chi connectivity index (χ4n) is 3.86. The summed E-state index contributed by atoms with van der Waals surface area (Å²) in [5, 5.41) is 6.28. The van der Waals surface area contributed by atoms with Crippen LogP contribution in [0.4, 0.5) is 5.69 Å². The van der Waals surface area contributed by atoms with Gasteiger partial charge in [0.2, 0.25) is 0 Å². The predicted octanol–water partition coefficient (Wildman–Crippen LogP) is 6.77. The van der Waals surface area contributed by atoms with E-state index >= 15 is 0 Å². The highest BCUT2D eigenvalue weighted by molar-refractivity contribution is 6.31. The minimum atomic E-state index is 0.685. The molecule has 0 saturated heterocycles. The van der Waals surface area contributed by atoms with Crippen LogP contribution in [0.3, 0.4) is 0 Å². The molecule has 2 aromatic carbocycles. The lowest BCUT2D eigenvalue weighted by Crippen LogP contribution is -2.05. The third kappa shape index (κ3) is 4.14. The first-order valence-corrected chi connectivity index (χ1v) is 10.0. The van der Waals surface area contributed by atoms with Crippen LogP contribution in [0.1, 0.15) is 56.1 Å². The zero-order valence-electron chi connectivity index (χ0n) is 15.6. The van der Waals surface area contributed by atoms with E-state index in [9.17, 15) is 0 Å². The van der Waals surface area contributed by atoms with Gasteiger partial charge in [-0.15, -0.1) is 0 Å². The number of halogens is 1. The number of benzene rings is 2. The van der Waals surface area contributed by atoms with E-state index in [-0.39, 0.29) is 0 Å². The average molecular weight is 378 g/mol. The fourth-order valence-corrected chi connectivity index (χ4v) is 4.03. The number of pyridine rings is 1. The lowest BCUT2D eigenvalue weighted by molar-refractivity contribution is 0.443. The highest BCUT2D eigenvalue weighted by Crippen LogP contribution is 2.32. The number of nitrogens with zero attached hydrogens (tertiary/aromatic N) is 2. The maximum absolute atomic E-state index is 6.06. The largest absolute Gasteiger partial charge is 0.277 e. The average Bonchev–Trinajstić information content (AvgIpc) is 2.72. The summed E-state index contributed by atoms with van der Waals surface area (Å²) in [6.45, 7) is 2.03. The van der Waals surface area contributed by atoms with Crippen molar-refractivity contribution in [1.29, 1.82) is 0 Å². The van der Waals surface area contributed by atoms with E-state index < -0.39 is 0 Å². The highest BCUT2D eigenvalue weighted by Gasteiger charge is 2.15. The fraction of sp³-hybridized carbons (Fsp3) is 0.304. The number of hydrogen-bond donors (Lipinski definition) is 1. The van der Waals surface area contributed by atoms with Gasteiger partial charge < -0.3 is 0 Å². The molecular formula is C23H24ClN3. The van der Waals surface area contributed by atoms with Crippen LogP contribution < -0.4 is 5.43 Å². The molecule has 0 bridgehead atoms. The molecule has 1 aliphatic rings. The Morgan fingerprint density at radius 1 is 1.04 bits per heavy atom. The maximum Gasteiger partial charge on any atom is 0.0738 e. The summed E-state index contributed by atoms with van der Waals surface area (Å²) in [5.74, 6) is 0.734. The second-order valence-corrected chi connectivity index (χ2v) is 7.72. The quantitative estimate of drug-likeness (QED) is 0.402. The Hall–Kier alpha value is -2.39. The Morgan fingerprint density at radius 2 is 1.81 bits per heavy atom. The van der Waals surface area contributed by atoms with Crippen LogP contribution in [-0.2, 0) is 0 Å². The molecule has 138 valence electrons. The van der Waals surface area contributed by atoms with Crippen molar-refractivity contribution in [2.45, 2.75) is 44.9 Å². The Morgan fingerprint density at radius 3 is 2.59 bits per heavy atom. The topological polar surface area (TPSA) is 37.3 Å². The van der Waals surface area contributed by atoms with E-state index in [1.54, 1.807) is 6.20 Å². The van der Waals surface area contributed by atoms with E-state index in [0.717, 1.165) is 33.8 Å². The molecule has 27 heavy (non-hydrogen) atoms. The van der Waals surface area contributed by atoms with Crippen molar-refractivity contribution in [2.24, 2.45) is 5.10 Å². The Labute approximate surface area is 165 Å². The van der Waals surface area contributed by atoms with Crippen molar-refractivity contribution in [3.63, 3.8) is 0 Å². The van der Waals surface area contributed by atoms with Gasteiger partial charge in [0.05, 0.1) is 16.9 Å². The van der Waals surface area contributed by atoms with Gasteiger partial charge in [-0.3, -0.25) is 10.4 Å². The molecule has 3 aromatic rings. The van der Waals surface area contributed by atoms with Crippen molar-refractivity contribution in [1.82, 2.24) is 4.98 Å². The second-order valence-electron chi connectivity index (χ2n) is 7.29. The summed E-state index contributed by atoms with van der Waals surface area (Å²) in [6.07, 6.45) is 8.54. The number of anilines is 1. The summed E-state index contributed by atoms with van der Waals surface area (Å²) < 4.78 is 0. The Kier molecular flexibility index (Phi) is 5.40. The molecule has 1 fully saturated rings. The van der Waals surface area contributed by atoms with Gasteiger partial charge >= 0.3 is 0 Å². The van der Waals surface area contributed by atoms with Gasteiger partial charge in [0.1, 0.15) is 0 Å². The van der Waals surface area contributed by atoms with Gasteiger partial charge in [-0.05, 0) is 61.1 Å². The zero-order chi connectivity index (χ0) is 18.6. The molecule has 4 heteroatoms. The standard InChI is InChI=1S/C23H24ClN3/c1-16(17-7-9-19(10-8-17)18-5-3-2-4-6-18)26-27-22-13-14-25-23-15-20(24)11-12-21(22)23/h7-15,18H,2-6H2,1H3,(H,25,27)/b26-16+. The van der Waals surface area contributed by atoms with Gasteiger partial charge in [-0.25, -0.2) is 0 Å². The first-order valence-electron chi connectivity index (χ1n) is 9.65. The van der Waals surface area contributed by atoms with E-state index in [0.29, 0.717) is 5.02 Å². The molecule has 0 spiro atoms. The van der Waals surface area contributed by atoms with Crippen LogP contribution in [0.5, 0.6) is 0 Å². The monoisotopic (exact) mass is 377 g/mol. The molecule has 0 radical (unpaired) electrons. The SMILES string of the molecule is C/C(=N\Nc1ccnc2cc(Cl)ccc12)c1ccc(C2CCCCC2)cc1. The van der Waals surface area contributed by atoms with Crippen molar-refractivity contribution < 1.29 is 0 Å². The van der Waals surface area contributed by atoms with Crippen molar-refractivity contribution >= 4 is 33.9 Å². The number of hydrazone groups is 1. The molecule has 1 aliphatic carbocycles. The van der Waals surface area contributed by atoms with Crippen LogP contribution >= 0.6 is 11.6 Å². The van der Waals surface area contributed by atoms with Crippen LogP contribution in [0.25, 0.3) is 10.9 Å². The number of rotatable bonds is 4. The molecule has 3 nitrogen and oxygen atoms in total. The summed E-state index contributed by atoms with van der Waals surface area (Å²) in [7, 11) is 0. The van der Waals surface area contributed by atoms with Gasteiger partial charge in [0.25, 0.3) is 0 Å². The third-order valence-corrected chi connectivity index (χ3v) is 5.69. The normalized spacial score (nSPS) is 15.9. The van der Waals surface area contributed by atoms with E-state index in [1.165, 1.54) is 37.7 Å². The van der Waals surface area contributed by atoms with Crippen molar-refractivity contribution in [3.8, 4) is 0 Å². The van der Waals surface area contributed by atoms with Crippen molar-refractivity contribution in [3.05, 3.63) is 70.9 Å². The lowest BCUT2D eigenvalue weighted by Gasteiger charge is -2.22. The van der Waals surface area contributed by atoms with Gasteiger partial charge in [0.15, 0.2) is 0 Å². The minimum Gasteiger partial charge on any atom is -0.277 e. The first kappa shape index (κ1) is 18.0. The van der Waals surface area contributed by atoms with E-state index in [2.05, 4.69) is 39.8 Å². The highest BCUT2D eigenvalue weighted by atomic mass is 35.5. The molecule has 1 saturated carbocycles. The smallest absolute Gasteiger partial charge is 0.0738 e. The first-order chi connectivity index (χ1) is 13.2. The minimum absolute atomic E-state index is 0.685. The molecule has 4 rings (SSSR count). The molecule has 1 heterocycles. The summed E-state index contributed by atoms with van der Waals surface area (Å²) >= 11 is 6.06. The van der Waals surface area contributed by atoms with Crippen molar-refractivity contribution in [2.75, 3.05) is 5.43 Å². The molecular weight excluding hydrogens is 354 g/mol. The third-order valence-electron chi connectivity index (χ3n) is 5.45. The molecule has 0 amide bonds. The predicted molar refractivity (Wildman–Crippen MR) is 115 cm³/mol.